The van der Waals surface area contributed by atoms with Crippen LogP contribution in [0.25, 0.3) is 0 Å². The van der Waals surface area contributed by atoms with E-state index in [2.05, 4.69) is 14.7 Å². The van der Waals surface area contributed by atoms with Crippen molar-refractivity contribution in [2.24, 2.45) is 0 Å². The molecule has 0 amide bonds. The van der Waals surface area contributed by atoms with Crippen LogP contribution in [0.1, 0.15) is 21.7 Å². The van der Waals surface area contributed by atoms with E-state index in [-0.39, 0.29) is 11.4 Å². The number of nitrogens with zero attached hydrogens (tertiary/aromatic N) is 3. The van der Waals surface area contributed by atoms with Gasteiger partial charge in [0.1, 0.15) is 11.9 Å². The summed E-state index contributed by atoms with van der Waals surface area (Å²) in [5.41, 5.74) is -0.0952. The lowest BCUT2D eigenvalue weighted by atomic mass is 10.1. The van der Waals surface area contributed by atoms with Crippen LogP contribution >= 0.6 is 0 Å². The molecule has 2 heterocycles. The summed E-state index contributed by atoms with van der Waals surface area (Å²) in [5, 5.41) is 0. The number of anilines is 1. The maximum atomic E-state index is 13.0. The van der Waals surface area contributed by atoms with Gasteiger partial charge >= 0.3 is 12.1 Å². The van der Waals surface area contributed by atoms with Crippen LogP contribution in [0.3, 0.4) is 0 Å². The van der Waals surface area contributed by atoms with Crippen LogP contribution in [0.2, 0.25) is 0 Å². The second kappa shape index (κ2) is 6.81. The highest BCUT2D eigenvalue weighted by atomic mass is 19.4. The summed E-state index contributed by atoms with van der Waals surface area (Å²) < 4.78 is 49.1. The van der Waals surface area contributed by atoms with Crippen LogP contribution in [0.15, 0.2) is 30.3 Å². The van der Waals surface area contributed by atoms with Gasteiger partial charge in [0.2, 0.25) is 5.95 Å². The molecule has 0 saturated carbocycles. The first-order valence-electron chi connectivity index (χ1n) is 7.79. The van der Waals surface area contributed by atoms with E-state index < -0.39 is 23.8 Å². The van der Waals surface area contributed by atoms with Crippen molar-refractivity contribution in [1.82, 2.24) is 9.97 Å². The van der Waals surface area contributed by atoms with Gasteiger partial charge in [-0.3, -0.25) is 0 Å². The van der Waals surface area contributed by atoms with E-state index >= 15 is 0 Å². The SMILES string of the molecule is COC(=O)c1cc(C)nc(N2CC(Oc3ccccc3C(F)(F)F)C2)n1. The number of esters is 1. The fourth-order valence-electron chi connectivity index (χ4n) is 2.56. The summed E-state index contributed by atoms with van der Waals surface area (Å²) in [7, 11) is 1.26. The molecule has 0 bridgehead atoms. The lowest BCUT2D eigenvalue weighted by Crippen LogP contribution is -2.54. The Morgan fingerprint density at radius 3 is 2.58 bits per heavy atom. The van der Waals surface area contributed by atoms with Crippen LogP contribution in [-0.4, -0.2) is 42.2 Å². The van der Waals surface area contributed by atoms with Crippen molar-refractivity contribution in [1.29, 1.82) is 0 Å². The molecule has 1 aromatic heterocycles. The van der Waals surface area contributed by atoms with Crippen LogP contribution in [0.5, 0.6) is 5.75 Å². The Morgan fingerprint density at radius 2 is 1.92 bits per heavy atom. The molecule has 1 fully saturated rings. The summed E-state index contributed by atoms with van der Waals surface area (Å²) in [4.78, 5) is 21.7. The van der Waals surface area contributed by atoms with E-state index in [0.29, 0.717) is 24.7 Å². The Morgan fingerprint density at radius 1 is 1.23 bits per heavy atom. The van der Waals surface area contributed by atoms with Crippen LogP contribution < -0.4 is 9.64 Å². The number of carbonyl (C=O) groups excluding carboxylic acids is 1. The standard InChI is InChI=1S/C17H16F3N3O3/c1-10-7-13(15(24)25-2)22-16(21-10)23-8-11(9-23)26-14-6-4-3-5-12(14)17(18,19)20/h3-7,11H,8-9H2,1-2H3. The third kappa shape index (κ3) is 3.71. The van der Waals surface area contributed by atoms with Gasteiger partial charge in [0.05, 0.1) is 25.8 Å². The molecule has 0 unspecified atom stereocenters. The molecule has 0 spiro atoms. The molecule has 0 aliphatic carbocycles. The topological polar surface area (TPSA) is 64.5 Å². The molecular formula is C17H16F3N3O3. The number of aromatic nitrogens is 2. The molecule has 3 rings (SSSR count). The average molecular weight is 367 g/mol. The van der Waals surface area contributed by atoms with Crippen molar-refractivity contribution >= 4 is 11.9 Å². The van der Waals surface area contributed by atoms with Gasteiger partial charge < -0.3 is 14.4 Å². The van der Waals surface area contributed by atoms with Crippen molar-refractivity contribution in [2.75, 3.05) is 25.1 Å². The minimum atomic E-state index is -4.48. The number of alkyl halides is 3. The Hall–Kier alpha value is -2.84. The van der Waals surface area contributed by atoms with Crippen LogP contribution in [0, 0.1) is 6.92 Å². The number of methoxy groups -OCH3 is 1. The van der Waals surface area contributed by atoms with E-state index in [1.54, 1.807) is 11.8 Å². The fraction of sp³-hybridized carbons (Fsp3) is 0.353. The molecule has 0 N–H and O–H groups in total. The van der Waals surface area contributed by atoms with Crippen molar-refractivity contribution < 1.29 is 27.4 Å². The zero-order valence-electron chi connectivity index (χ0n) is 14.1. The summed E-state index contributed by atoms with van der Waals surface area (Å²) in [6, 6.07) is 6.59. The normalized spacial score (nSPS) is 14.7. The van der Waals surface area contributed by atoms with E-state index in [1.165, 1.54) is 31.4 Å². The van der Waals surface area contributed by atoms with Crippen LogP contribution in [0.4, 0.5) is 19.1 Å². The Labute approximate surface area is 147 Å². The molecule has 1 saturated heterocycles. The number of hydrogen-bond donors (Lipinski definition) is 0. The minimum absolute atomic E-state index is 0.127. The molecular weight excluding hydrogens is 351 g/mol. The van der Waals surface area contributed by atoms with Crippen LogP contribution in [-0.2, 0) is 10.9 Å². The monoisotopic (exact) mass is 367 g/mol. The van der Waals surface area contributed by atoms with E-state index in [4.69, 9.17) is 4.74 Å². The predicted molar refractivity (Wildman–Crippen MR) is 86.2 cm³/mol. The molecule has 26 heavy (non-hydrogen) atoms. The summed E-state index contributed by atoms with van der Waals surface area (Å²) in [6.07, 6.45) is -4.90. The number of rotatable bonds is 4. The van der Waals surface area contributed by atoms with Crippen molar-refractivity contribution in [3.63, 3.8) is 0 Å². The van der Waals surface area contributed by atoms with E-state index in [1.807, 2.05) is 0 Å². The highest BCUT2D eigenvalue weighted by molar-refractivity contribution is 5.87. The van der Waals surface area contributed by atoms with Gasteiger partial charge in [-0.05, 0) is 25.1 Å². The number of carbonyl (C=O) groups is 1. The lowest BCUT2D eigenvalue weighted by Gasteiger charge is -2.39. The van der Waals surface area contributed by atoms with Gasteiger partial charge in [-0.2, -0.15) is 13.2 Å². The molecule has 6 nitrogen and oxygen atoms in total. The Balaban J connectivity index is 1.69. The maximum Gasteiger partial charge on any atom is 0.419 e. The molecule has 1 aromatic carbocycles. The number of hydrogen-bond acceptors (Lipinski definition) is 6. The third-order valence-corrected chi connectivity index (χ3v) is 3.85. The Bertz CT molecular complexity index is 820. The van der Waals surface area contributed by atoms with Crippen molar-refractivity contribution in [3.05, 3.63) is 47.3 Å². The number of ether oxygens (including phenoxy) is 2. The lowest BCUT2D eigenvalue weighted by molar-refractivity contribution is -0.139. The number of aryl methyl sites for hydroxylation is 1. The zero-order valence-corrected chi connectivity index (χ0v) is 14.1. The maximum absolute atomic E-state index is 13.0. The minimum Gasteiger partial charge on any atom is -0.486 e. The Kier molecular flexibility index (Phi) is 4.71. The summed E-state index contributed by atoms with van der Waals surface area (Å²) in [6.45, 7) is 2.34. The van der Waals surface area contributed by atoms with Crippen molar-refractivity contribution in [2.45, 2.75) is 19.2 Å². The number of para-hydroxylation sites is 1. The molecule has 9 heteroatoms. The van der Waals surface area contributed by atoms with Gasteiger partial charge in [-0.25, -0.2) is 14.8 Å². The third-order valence-electron chi connectivity index (χ3n) is 3.85. The quantitative estimate of drug-likeness (QED) is 0.775. The fourth-order valence-corrected chi connectivity index (χ4v) is 2.56. The first kappa shape index (κ1) is 18.0. The summed E-state index contributed by atoms with van der Waals surface area (Å²) >= 11 is 0. The predicted octanol–water partition coefficient (Wildman–Crippen LogP) is 2.86. The highest BCUT2D eigenvalue weighted by Crippen LogP contribution is 2.37. The van der Waals surface area contributed by atoms with Gasteiger partial charge in [-0.1, -0.05) is 12.1 Å². The largest absolute Gasteiger partial charge is 0.486 e. The number of benzene rings is 1. The number of halogens is 3. The van der Waals surface area contributed by atoms with Gasteiger partial charge in [0.15, 0.2) is 5.69 Å². The molecule has 0 atom stereocenters. The molecule has 0 radical (unpaired) electrons. The highest BCUT2D eigenvalue weighted by Gasteiger charge is 2.37. The first-order valence-corrected chi connectivity index (χ1v) is 7.79. The molecule has 138 valence electrons. The van der Waals surface area contributed by atoms with Gasteiger partial charge in [0, 0.05) is 5.69 Å². The van der Waals surface area contributed by atoms with E-state index in [0.717, 1.165) is 6.07 Å². The second-order valence-corrected chi connectivity index (χ2v) is 5.82. The second-order valence-electron chi connectivity index (χ2n) is 5.82. The zero-order chi connectivity index (χ0) is 18.9. The summed E-state index contributed by atoms with van der Waals surface area (Å²) in [5.74, 6) is -0.469. The van der Waals surface area contributed by atoms with E-state index in [9.17, 15) is 18.0 Å². The van der Waals surface area contributed by atoms with Gasteiger partial charge in [-0.15, -0.1) is 0 Å². The molecule has 2 aromatic rings. The molecule has 1 aliphatic heterocycles. The van der Waals surface area contributed by atoms with Gasteiger partial charge in [0.25, 0.3) is 0 Å². The molecule has 1 aliphatic rings. The smallest absolute Gasteiger partial charge is 0.419 e. The first-order chi connectivity index (χ1) is 12.3. The average Bonchev–Trinajstić information content (AvgIpc) is 2.55. The van der Waals surface area contributed by atoms with Crippen molar-refractivity contribution in [3.8, 4) is 5.75 Å².